The number of carbonyl (C=O) groups is 2. The highest BCUT2D eigenvalue weighted by Crippen LogP contribution is 2.14. The average Bonchev–Trinajstić information content (AvgIpc) is 2.60. The van der Waals surface area contributed by atoms with E-state index in [1.807, 2.05) is 20.9 Å². The Labute approximate surface area is 118 Å². The van der Waals surface area contributed by atoms with Crippen molar-refractivity contribution >= 4 is 11.9 Å². The topological polar surface area (TPSA) is 75.4 Å². The van der Waals surface area contributed by atoms with Gasteiger partial charge in [0.05, 0.1) is 5.69 Å². The van der Waals surface area contributed by atoms with Crippen LogP contribution >= 0.6 is 0 Å². The zero-order chi connectivity index (χ0) is 15.3. The molecule has 1 aromatic heterocycles. The van der Waals surface area contributed by atoms with Crippen LogP contribution in [0.2, 0.25) is 0 Å². The van der Waals surface area contributed by atoms with Crippen LogP contribution in [-0.4, -0.2) is 44.8 Å². The van der Waals surface area contributed by atoms with Crippen LogP contribution in [0.15, 0.2) is 12.7 Å². The fourth-order valence-electron chi connectivity index (χ4n) is 2.14. The quantitative estimate of drug-likeness (QED) is 0.757. The van der Waals surface area contributed by atoms with Gasteiger partial charge in [0.25, 0.3) is 0 Å². The highest BCUT2D eigenvalue weighted by molar-refractivity contribution is 5.81. The molecule has 6 heteroatoms. The zero-order valence-electron chi connectivity index (χ0n) is 12.2. The molecular formula is C14H21N3O3. The molecule has 0 unspecified atom stereocenters. The van der Waals surface area contributed by atoms with Crippen LogP contribution in [0, 0.1) is 13.8 Å². The van der Waals surface area contributed by atoms with Crippen LogP contribution in [0.3, 0.4) is 0 Å². The Hall–Kier alpha value is -2.11. The lowest BCUT2D eigenvalue weighted by molar-refractivity contribution is -0.144. The van der Waals surface area contributed by atoms with Crippen LogP contribution in [0.1, 0.15) is 23.4 Å². The maximum Gasteiger partial charge on any atom is 0.323 e. The number of aryl methyl sites for hydroxylation is 2. The summed E-state index contributed by atoms with van der Waals surface area (Å²) in [7, 11) is 1.86. The van der Waals surface area contributed by atoms with Crippen molar-refractivity contribution in [2.75, 3.05) is 13.1 Å². The first-order chi connectivity index (χ1) is 9.36. The molecule has 1 heterocycles. The van der Waals surface area contributed by atoms with Crippen LogP contribution < -0.4 is 0 Å². The van der Waals surface area contributed by atoms with E-state index >= 15 is 0 Å². The maximum absolute atomic E-state index is 12.1. The normalized spacial score (nSPS) is 10.3. The summed E-state index contributed by atoms with van der Waals surface area (Å²) in [4.78, 5) is 24.1. The first kappa shape index (κ1) is 15.9. The predicted octanol–water partition coefficient (Wildman–Crippen LogP) is 1.07. The van der Waals surface area contributed by atoms with Gasteiger partial charge in [-0.3, -0.25) is 14.3 Å². The largest absolute Gasteiger partial charge is 0.480 e. The average molecular weight is 279 g/mol. The molecule has 0 radical (unpaired) electrons. The molecule has 110 valence electrons. The van der Waals surface area contributed by atoms with Gasteiger partial charge in [-0.25, -0.2) is 0 Å². The van der Waals surface area contributed by atoms with Crippen molar-refractivity contribution in [1.82, 2.24) is 14.7 Å². The Morgan fingerprint density at radius 2 is 2.10 bits per heavy atom. The second-order valence-electron chi connectivity index (χ2n) is 4.73. The standard InChI is InChI=1S/C14H21N3O3/c1-5-8-17(9-14(19)20)13(18)7-6-12-10(2)15-16(4)11(12)3/h5H,1,6-9H2,2-4H3,(H,19,20). The van der Waals surface area contributed by atoms with Gasteiger partial charge in [0.1, 0.15) is 6.54 Å². The van der Waals surface area contributed by atoms with Crippen molar-refractivity contribution in [2.24, 2.45) is 7.05 Å². The molecule has 0 saturated carbocycles. The lowest BCUT2D eigenvalue weighted by Crippen LogP contribution is -2.35. The molecule has 0 fully saturated rings. The van der Waals surface area contributed by atoms with E-state index in [0.29, 0.717) is 6.42 Å². The lowest BCUT2D eigenvalue weighted by Gasteiger charge is -2.18. The summed E-state index contributed by atoms with van der Waals surface area (Å²) in [6.45, 7) is 7.36. The Morgan fingerprint density at radius 1 is 1.45 bits per heavy atom. The van der Waals surface area contributed by atoms with Gasteiger partial charge in [0.15, 0.2) is 0 Å². The molecule has 20 heavy (non-hydrogen) atoms. The van der Waals surface area contributed by atoms with Crippen LogP contribution in [-0.2, 0) is 23.1 Å². The van der Waals surface area contributed by atoms with Crippen LogP contribution in [0.25, 0.3) is 0 Å². The van der Waals surface area contributed by atoms with E-state index < -0.39 is 5.97 Å². The molecule has 6 nitrogen and oxygen atoms in total. The molecule has 1 aromatic rings. The second-order valence-corrected chi connectivity index (χ2v) is 4.73. The monoisotopic (exact) mass is 279 g/mol. The number of carboxylic acid groups (broad SMARTS) is 1. The summed E-state index contributed by atoms with van der Waals surface area (Å²) < 4.78 is 1.79. The molecule has 0 aliphatic carbocycles. The van der Waals surface area contributed by atoms with Gasteiger partial charge in [-0.15, -0.1) is 6.58 Å². The van der Waals surface area contributed by atoms with Crippen LogP contribution in [0.5, 0.6) is 0 Å². The predicted molar refractivity (Wildman–Crippen MR) is 75.4 cm³/mol. The Bertz CT molecular complexity index is 520. The zero-order valence-corrected chi connectivity index (χ0v) is 12.2. The molecule has 0 spiro atoms. The lowest BCUT2D eigenvalue weighted by atomic mass is 10.1. The number of amides is 1. The van der Waals surface area contributed by atoms with E-state index in [9.17, 15) is 9.59 Å². The van der Waals surface area contributed by atoms with Gasteiger partial charge < -0.3 is 10.0 Å². The molecule has 0 saturated heterocycles. The number of carbonyl (C=O) groups excluding carboxylic acids is 1. The number of rotatable bonds is 7. The molecule has 0 atom stereocenters. The van der Waals surface area contributed by atoms with E-state index in [-0.39, 0.29) is 25.4 Å². The highest BCUT2D eigenvalue weighted by Gasteiger charge is 2.17. The number of aromatic nitrogens is 2. The number of nitrogens with zero attached hydrogens (tertiary/aromatic N) is 3. The SMILES string of the molecule is C=CCN(CC(=O)O)C(=O)CCc1c(C)nn(C)c1C. The van der Waals surface area contributed by atoms with Gasteiger partial charge in [0.2, 0.25) is 5.91 Å². The minimum atomic E-state index is -1.02. The van der Waals surface area contributed by atoms with Gasteiger partial charge in [0, 0.05) is 25.7 Å². The van der Waals surface area contributed by atoms with Gasteiger partial charge in [-0.05, 0) is 25.8 Å². The van der Waals surface area contributed by atoms with Crippen molar-refractivity contribution in [2.45, 2.75) is 26.7 Å². The van der Waals surface area contributed by atoms with Crippen molar-refractivity contribution in [3.63, 3.8) is 0 Å². The van der Waals surface area contributed by atoms with Gasteiger partial charge >= 0.3 is 5.97 Å². The summed E-state index contributed by atoms with van der Waals surface area (Å²) in [6, 6.07) is 0. The fraction of sp³-hybridized carbons (Fsp3) is 0.500. The van der Waals surface area contributed by atoms with E-state index in [0.717, 1.165) is 17.0 Å². The third kappa shape index (κ3) is 3.94. The van der Waals surface area contributed by atoms with Crippen molar-refractivity contribution in [3.05, 3.63) is 29.6 Å². The third-order valence-electron chi connectivity index (χ3n) is 3.28. The summed E-state index contributed by atoms with van der Waals surface area (Å²) >= 11 is 0. The molecule has 0 aliphatic rings. The highest BCUT2D eigenvalue weighted by atomic mass is 16.4. The van der Waals surface area contributed by atoms with E-state index in [1.165, 1.54) is 11.0 Å². The number of carboxylic acids is 1. The molecule has 0 bridgehead atoms. The Balaban J connectivity index is 2.69. The molecular weight excluding hydrogens is 258 g/mol. The molecule has 1 rings (SSSR count). The van der Waals surface area contributed by atoms with Crippen molar-refractivity contribution in [1.29, 1.82) is 0 Å². The van der Waals surface area contributed by atoms with E-state index in [1.54, 1.807) is 4.68 Å². The minimum absolute atomic E-state index is 0.185. The second kappa shape index (κ2) is 6.88. The maximum atomic E-state index is 12.1. The van der Waals surface area contributed by atoms with E-state index in [2.05, 4.69) is 11.7 Å². The van der Waals surface area contributed by atoms with Crippen molar-refractivity contribution in [3.8, 4) is 0 Å². The van der Waals surface area contributed by atoms with E-state index in [4.69, 9.17) is 5.11 Å². The number of hydrogen-bond donors (Lipinski definition) is 1. The Morgan fingerprint density at radius 3 is 2.55 bits per heavy atom. The summed E-state index contributed by atoms with van der Waals surface area (Å²) in [5, 5.41) is 13.1. The van der Waals surface area contributed by atoms with Gasteiger partial charge in [-0.2, -0.15) is 5.10 Å². The number of hydrogen-bond acceptors (Lipinski definition) is 3. The first-order valence-corrected chi connectivity index (χ1v) is 6.46. The third-order valence-corrected chi connectivity index (χ3v) is 3.28. The summed E-state index contributed by atoms with van der Waals surface area (Å²) in [6.07, 6.45) is 2.37. The molecule has 0 aliphatic heterocycles. The molecule has 1 amide bonds. The first-order valence-electron chi connectivity index (χ1n) is 6.46. The Kier molecular flexibility index (Phi) is 5.49. The summed E-state index contributed by atoms with van der Waals surface area (Å²) in [5.74, 6) is -1.20. The van der Waals surface area contributed by atoms with Crippen LogP contribution in [0.4, 0.5) is 0 Å². The molecule has 1 N–H and O–H groups in total. The smallest absolute Gasteiger partial charge is 0.323 e. The van der Waals surface area contributed by atoms with Crippen molar-refractivity contribution < 1.29 is 14.7 Å². The summed E-state index contributed by atoms with van der Waals surface area (Å²) in [5.41, 5.74) is 2.99. The molecule has 0 aromatic carbocycles. The minimum Gasteiger partial charge on any atom is -0.480 e. The fourth-order valence-corrected chi connectivity index (χ4v) is 2.14. The number of aliphatic carboxylic acids is 1. The van der Waals surface area contributed by atoms with Gasteiger partial charge in [-0.1, -0.05) is 6.08 Å².